The zero-order chi connectivity index (χ0) is 13.6. The molecule has 0 radical (unpaired) electrons. The summed E-state index contributed by atoms with van der Waals surface area (Å²) in [5.41, 5.74) is 2.56. The van der Waals surface area contributed by atoms with Gasteiger partial charge in [0, 0.05) is 18.0 Å². The van der Waals surface area contributed by atoms with Crippen LogP contribution in [-0.2, 0) is 5.41 Å². The molecule has 0 aliphatic heterocycles. The summed E-state index contributed by atoms with van der Waals surface area (Å²) in [5.74, 6) is 1.00. The van der Waals surface area contributed by atoms with Crippen LogP contribution in [0.3, 0.4) is 0 Å². The van der Waals surface area contributed by atoms with Gasteiger partial charge in [-0.2, -0.15) is 0 Å². The standard InChI is InChI=1S/C18H25NO/c1-20-16-5-2-4-14(10-16)18(13-19-15-6-7-15)11-17(12-18)8-3-9-17/h2,4-5,10,15,19H,3,6-9,11-13H2,1H3. The van der Waals surface area contributed by atoms with Crippen molar-refractivity contribution in [2.45, 2.75) is 56.4 Å². The molecule has 3 aliphatic rings. The van der Waals surface area contributed by atoms with E-state index in [1.54, 1.807) is 7.11 Å². The van der Waals surface area contributed by atoms with E-state index in [2.05, 4.69) is 29.6 Å². The third-order valence-electron chi connectivity index (χ3n) is 5.83. The average Bonchev–Trinajstić information content (AvgIpc) is 3.20. The minimum Gasteiger partial charge on any atom is -0.497 e. The van der Waals surface area contributed by atoms with E-state index in [-0.39, 0.29) is 0 Å². The third kappa shape index (κ3) is 2.05. The summed E-state index contributed by atoms with van der Waals surface area (Å²) in [4.78, 5) is 0. The van der Waals surface area contributed by atoms with Gasteiger partial charge < -0.3 is 10.1 Å². The van der Waals surface area contributed by atoms with Crippen molar-refractivity contribution < 1.29 is 4.74 Å². The summed E-state index contributed by atoms with van der Waals surface area (Å²) < 4.78 is 5.43. The molecular formula is C18H25NO. The lowest BCUT2D eigenvalue weighted by atomic mass is 9.43. The van der Waals surface area contributed by atoms with Crippen molar-refractivity contribution in [1.82, 2.24) is 5.32 Å². The lowest BCUT2D eigenvalue weighted by Gasteiger charge is -2.62. The van der Waals surface area contributed by atoms with Gasteiger partial charge in [0.15, 0.2) is 0 Å². The predicted octanol–water partition coefficient (Wildman–Crippen LogP) is 3.65. The van der Waals surface area contributed by atoms with E-state index in [1.165, 1.54) is 50.5 Å². The molecule has 0 atom stereocenters. The molecule has 0 bridgehead atoms. The second-order valence-electron chi connectivity index (χ2n) is 7.37. The highest BCUT2D eigenvalue weighted by atomic mass is 16.5. The molecule has 108 valence electrons. The fourth-order valence-electron chi connectivity index (χ4n) is 4.43. The number of hydrogen-bond acceptors (Lipinski definition) is 2. The molecule has 2 nitrogen and oxygen atoms in total. The lowest BCUT2D eigenvalue weighted by Crippen LogP contribution is -2.57. The topological polar surface area (TPSA) is 21.3 Å². The van der Waals surface area contributed by atoms with Crippen LogP contribution >= 0.6 is 0 Å². The minimum absolute atomic E-state index is 0.373. The minimum atomic E-state index is 0.373. The molecule has 3 fully saturated rings. The van der Waals surface area contributed by atoms with Crippen LogP contribution in [0.4, 0.5) is 0 Å². The molecule has 0 aromatic heterocycles. The molecule has 2 heteroatoms. The van der Waals surface area contributed by atoms with Crippen molar-refractivity contribution in [3.8, 4) is 5.75 Å². The van der Waals surface area contributed by atoms with Crippen molar-refractivity contribution in [3.63, 3.8) is 0 Å². The highest BCUT2D eigenvalue weighted by Gasteiger charge is 2.57. The Labute approximate surface area is 121 Å². The van der Waals surface area contributed by atoms with Crippen molar-refractivity contribution in [3.05, 3.63) is 29.8 Å². The summed E-state index contributed by atoms with van der Waals surface area (Å²) in [6, 6.07) is 9.58. The number of hydrogen-bond donors (Lipinski definition) is 1. The Bertz CT molecular complexity index is 494. The summed E-state index contributed by atoms with van der Waals surface area (Å²) in [6.45, 7) is 1.16. The van der Waals surface area contributed by atoms with Gasteiger partial charge in [-0.15, -0.1) is 0 Å². The van der Waals surface area contributed by atoms with Gasteiger partial charge in [0.2, 0.25) is 0 Å². The number of benzene rings is 1. The maximum Gasteiger partial charge on any atom is 0.119 e. The van der Waals surface area contributed by atoms with Crippen molar-refractivity contribution in [2.24, 2.45) is 5.41 Å². The predicted molar refractivity (Wildman–Crippen MR) is 81.2 cm³/mol. The van der Waals surface area contributed by atoms with Crippen LogP contribution in [-0.4, -0.2) is 19.7 Å². The van der Waals surface area contributed by atoms with Gasteiger partial charge in [-0.05, 0) is 61.6 Å². The molecule has 0 saturated heterocycles. The van der Waals surface area contributed by atoms with Crippen molar-refractivity contribution in [1.29, 1.82) is 0 Å². The number of rotatable bonds is 5. The number of ether oxygens (including phenoxy) is 1. The Morgan fingerprint density at radius 3 is 2.65 bits per heavy atom. The van der Waals surface area contributed by atoms with E-state index in [0.29, 0.717) is 10.8 Å². The quantitative estimate of drug-likeness (QED) is 0.882. The molecule has 0 amide bonds. The van der Waals surface area contributed by atoms with E-state index in [4.69, 9.17) is 4.74 Å². The summed E-state index contributed by atoms with van der Waals surface area (Å²) in [5, 5.41) is 3.78. The molecule has 1 spiro atoms. The third-order valence-corrected chi connectivity index (χ3v) is 5.83. The molecule has 20 heavy (non-hydrogen) atoms. The summed E-state index contributed by atoms with van der Waals surface area (Å²) in [6.07, 6.45) is 9.88. The SMILES string of the molecule is COc1cccc(C2(CNC3CC3)CC3(CCC3)C2)c1. The fourth-order valence-corrected chi connectivity index (χ4v) is 4.43. The highest BCUT2D eigenvalue weighted by molar-refractivity contribution is 5.38. The van der Waals surface area contributed by atoms with E-state index in [1.807, 2.05) is 0 Å². The van der Waals surface area contributed by atoms with Crippen molar-refractivity contribution >= 4 is 0 Å². The first-order chi connectivity index (χ1) is 9.74. The Kier molecular flexibility index (Phi) is 2.85. The maximum absolute atomic E-state index is 5.43. The van der Waals surface area contributed by atoms with Crippen LogP contribution < -0.4 is 10.1 Å². The second-order valence-corrected chi connectivity index (χ2v) is 7.37. The van der Waals surface area contributed by atoms with Crippen LogP contribution in [0.1, 0.15) is 50.5 Å². The average molecular weight is 271 g/mol. The first-order valence-electron chi connectivity index (χ1n) is 8.12. The van der Waals surface area contributed by atoms with Crippen LogP contribution in [0.5, 0.6) is 5.75 Å². The molecule has 4 rings (SSSR count). The molecule has 3 saturated carbocycles. The summed E-state index contributed by atoms with van der Waals surface area (Å²) >= 11 is 0. The zero-order valence-corrected chi connectivity index (χ0v) is 12.5. The Balaban J connectivity index is 1.56. The highest BCUT2D eigenvalue weighted by Crippen LogP contribution is 2.65. The monoisotopic (exact) mass is 271 g/mol. The van der Waals surface area contributed by atoms with Gasteiger partial charge >= 0.3 is 0 Å². The van der Waals surface area contributed by atoms with Crippen molar-refractivity contribution in [2.75, 3.05) is 13.7 Å². The number of nitrogens with one attached hydrogen (secondary N) is 1. The second kappa shape index (κ2) is 4.49. The molecule has 1 aromatic carbocycles. The Hall–Kier alpha value is -1.02. The van der Waals surface area contributed by atoms with Crippen LogP contribution in [0.15, 0.2) is 24.3 Å². The van der Waals surface area contributed by atoms with Crippen LogP contribution in [0, 0.1) is 5.41 Å². The zero-order valence-electron chi connectivity index (χ0n) is 12.5. The first-order valence-corrected chi connectivity index (χ1v) is 8.12. The first kappa shape index (κ1) is 12.7. The van der Waals surface area contributed by atoms with Gasteiger partial charge in [0.05, 0.1) is 7.11 Å². The molecule has 0 unspecified atom stereocenters. The normalized spacial score (nSPS) is 25.9. The molecule has 1 N–H and O–H groups in total. The fraction of sp³-hybridized carbons (Fsp3) is 0.667. The molecule has 1 aromatic rings. The maximum atomic E-state index is 5.43. The van der Waals surface area contributed by atoms with E-state index in [0.717, 1.165) is 18.3 Å². The van der Waals surface area contributed by atoms with Gasteiger partial charge in [-0.3, -0.25) is 0 Å². The van der Waals surface area contributed by atoms with E-state index < -0.39 is 0 Å². The van der Waals surface area contributed by atoms with Crippen LogP contribution in [0.2, 0.25) is 0 Å². The van der Waals surface area contributed by atoms with Crippen LogP contribution in [0.25, 0.3) is 0 Å². The van der Waals surface area contributed by atoms with Gasteiger partial charge in [-0.1, -0.05) is 18.6 Å². The van der Waals surface area contributed by atoms with E-state index >= 15 is 0 Å². The van der Waals surface area contributed by atoms with Gasteiger partial charge in [-0.25, -0.2) is 0 Å². The summed E-state index contributed by atoms with van der Waals surface area (Å²) in [7, 11) is 1.77. The molecule has 3 aliphatic carbocycles. The van der Waals surface area contributed by atoms with E-state index in [9.17, 15) is 0 Å². The van der Waals surface area contributed by atoms with Gasteiger partial charge in [0.25, 0.3) is 0 Å². The Morgan fingerprint density at radius 2 is 2.05 bits per heavy atom. The largest absolute Gasteiger partial charge is 0.497 e. The molecular weight excluding hydrogens is 246 g/mol. The Morgan fingerprint density at radius 1 is 1.25 bits per heavy atom. The number of methoxy groups -OCH3 is 1. The van der Waals surface area contributed by atoms with Gasteiger partial charge in [0.1, 0.15) is 5.75 Å². The molecule has 0 heterocycles. The smallest absolute Gasteiger partial charge is 0.119 e. The lowest BCUT2D eigenvalue weighted by molar-refractivity contribution is -0.0484.